The highest BCUT2D eigenvalue weighted by Gasteiger charge is 2.30. The molecule has 160 valence electrons. The Labute approximate surface area is 181 Å². The molecule has 1 aliphatic heterocycles. The van der Waals surface area contributed by atoms with Crippen molar-refractivity contribution in [3.05, 3.63) is 71.5 Å². The van der Waals surface area contributed by atoms with E-state index in [9.17, 15) is 14.7 Å². The van der Waals surface area contributed by atoms with Crippen LogP contribution >= 0.6 is 0 Å². The van der Waals surface area contributed by atoms with E-state index in [0.717, 1.165) is 28.9 Å². The van der Waals surface area contributed by atoms with Crippen LogP contribution in [0.15, 0.2) is 54.6 Å². The van der Waals surface area contributed by atoms with Gasteiger partial charge in [-0.25, -0.2) is 0 Å². The van der Waals surface area contributed by atoms with E-state index >= 15 is 0 Å². The molecule has 0 bridgehead atoms. The van der Waals surface area contributed by atoms with Crippen molar-refractivity contribution in [3.8, 4) is 11.1 Å². The second kappa shape index (κ2) is 8.00. The molecule has 1 aliphatic rings. The molecule has 31 heavy (non-hydrogen) atoms. The summed E-state index contributed by atoms with van der Waals surface area (Å²) in [6.07, 6.45) is 0.792. The molecule has 0 saturated carbocycles. The topological polar surface area (TPSA) is 87.5 Å². The smallest absolute Gasteiger partial charge is 0.323 e. The maximum Gasteiger partial charge on any atom is 0.323 e. The van der Waals surface area contributed by atoms with Crippen molar-refractivity contribution >= 4 is 17.6 Å². The summed E-state index contributed by atoms with van der Waals surface area (Å²) in [4.78, 5) is 26.4. The largest absolute Gasteiger partial charge is 0.480 e. The number of aliphatic carboxylic acids is 1. The number of amides is 1. The molecule has 2 heterocycles. The van der Waals surface area contributed by atoms with Crippen LogP contribution in [0.1, 0.15) is 35.6 Å². The molecule has 1 amide bonds. The van der Waals surface area contributed by atoms with Crippen LogP contribution < -0.4 is 10.2 Å². The summed E-state index contributed by atoms with van der Waals surface area (Å²) in [6, 6.07) is 18.0. The van der Waals surface area contributed by atoms with Gasteiger partial charge in [-0.15, -0.1) is 0 Å². The molecule has 3 aromatic rings. The van der Waals surface area contributed by atoms with Crippen LogP contribution in [0.25, 0.3) is 11.1 Å². The van der Waals surface area contributed by atoms with Gasteiger partial charge >= 0.3 is 5.97 Å². The Kier molecular flexibility index (Phi) is 5.37. The number of anilines is 1. The first-order valence-corrected chi connectivity index (χ1v) is 10.3. The number of carbonyl (C=O) groups excluding carboxylic acids is 1. The Bertz CT molecular complexity index is 1130. The van der Waals surface area contributed by atoms with Gasteiger partial charge < -0.3 is 10.0 Å². The highest BCUT2D eigenvalue weighted by Crippen LogP contribution is 2.36. The minimum absolute atomic E-state index is 0.150. The molecule has 0 aliphatic carbocycles. The number of fused-ring (bicyclic) bond motifs is 1. The summed E-state index contributed by atoms with van der Waals surface area (Å²) >= 11 is 0. The Morgan fingerprint density at radius 1 is 1.13 bits per heavy atom. The number of nitrogens with one attached hydrogen (secondary N) is 1. The van der Waals surface area contributed by atoms with Crippen LogP contribution in [-0.2, 0) is 24.8 Å². The van der Waals surface area contributed by atoms with Crippen molar-refractivity contribution in [2.24, 2.45) is 7.05 Å². The molecule has 7 heteroatoms. The Morgan fingerprint density at radius 3 is 2.58 bits per heavy atom. The van der Waals surface area contributed by atoms with Crippen molar-refractivity contribution in [1.29, 1.82) is 0 Å². The lowest BCUT2D eigenvalue weighted by atomic mass is 9.98. The van der Waals surface area contributed by atoms with Crippen LogP contribution in [0.4, 0.5) is 5.69 Å². The number of nitrogens with zero attached hydrogens (tertiary/aromatic N) is 3. The molecule has 0 saturated heterocycles. The molecule has 0 fully saturated rings. The van der Waals surface area contributed by atoms with Gasteiger partial charge in [0.2, 0.25) is 0 Å². The molecule has 1 aromatic heterocycles. The second-order valence-electron chi connectivity index (χ2n) is 8.30. The van der Waals surface area contributed by atoms with Crippen molar-refractivity contribution < 1.29 is 14.7 Å². The molecular formula is C24H26N4O3. The minimum atomic E-state index is -1.07. The van der Waals surface area contributed by atoms with Crippen LogP contribution in [0.3, 0.4) is 0 Å². The van der Waals surface area contributed by atoms with Gasteiger partial charge in [-0.05, 0) is 49.1 Å². The van der Waals surface area contributed by atoms with E-state index in [2.05, 4.69) is 28.6 Å². The first-order valence-electron chi connectivity index (χ1n) is 10.3. The summed E-state index contributed by atoms with van der Waals surface area (Å²) in [5, 5.41) is 16.7. The third-order valence-electron chi connectivity index (χ3n) is 5.80. The van der Waals surface area contributed by atoms with Crippen LogP contribution in [-0.4, -0.2) is 38.8 Å². The SMILES string of the molecule is Cn1nc(C(=O)N2CCc3c(-c4ccccc4)cccc32)cc1CNC(C)(C)C(=O)O. The number of aromatic nitrogens is 2. The summed E-state index contributed by atoms with van der Waals surface area (Å²) in [5.41, 5.74) is 4.40. The number of hydrogen-bond acceptors (Lipinski definition) is 4. The number of hydrogen-bond donors (Lipinski definition) is 2. The molecule has 2 N–H and O–H groups in total. The van der Waals surface area contributed by atoms with Gasteiger partial charge in [0.15, 0.2) is 5.69 Å². The van der Waals surface area contributed by atoms with E-state index in [1.165, 1.54) is 5.56 Å². The Hall–Kier alpha value is -3.45. The van der Waals surface area contributed by atoms with Crippen molar-refractivity contribution in [3.63, 3.8) is 0 Å². The van der Waals surface area contributed by atoms with Gasteiger partial charge in [-0.3, -0.25) is 19.6 Å². The minimum Gasteiger partial charge on any atom is -0.480 e. The zero-order chi connectivity index (χ0) is 22.2. The highest BCUT2D eigenvalue weighted by molar-refractivity contribution is 6.06. The lowest BCUT2D eigenvalue weighted by Crippen LogP contribution is -2.46. The van der Waals surface area contributed by atoms with E-state index in [0.29, 0.717) is 18.8 Å². The van der Waals surface area contributed by atoms with Gasteiger partial charge in [0.25, 0.3) is 5.91 Å². The fourth-order valence-corrected chi connectivity index (χ4v) is 3.83. The van der Waals surface area contributed by atoms with Crippen LogP contribution in [0, 0.1) is 0 Å². The normalized spacial score (nSPS) is 13.3. The Balaban J connectivity index is 1.57. The summed E-state index contributed by atoms with van der Waals surface area (Å²) < 4.78 is 1.62. The zero-order valence-electron chi connectivity index (χ0n) is 17.9. The summed E-state index contributed by atoms with van der Waals surface area (Å²) in [7, 11) is 1.76. The molecule has 0 atom stereocenters. The first-order chi connectivity index (χ1) is 14.8. The molecule has 0 unspecified atom stereocenters. The number of benzene rings is 2. The average molecular weight is 418 g/mol. The van der Waals surface area contributed by atoms with Gasteiger partial charge in [-0.1, -0.05) is 42.5 Å². The standard InChI is InChI=1S/C24H26N4O3/c1-24(2,23(30)31)25-15-17-14-20(26-27(17)3)22(29)28-13-12-19-18(10-7-11-21(19)28)16-8-5-4-6-9-16/h4-11,14,25H,12-13,15H2,1-3H3,(H,30,31). The third-order valence-corrected chi connectivity index (χ3v) is 5.80. The fourth-order valence-electron chi connectivity index (χ4n) is 3.83. The van der Waals surface area contributed by atoms with E-state index in [4.69, 9.17) is 0 Å². The molecule has 0 spiro atoms. The first kappa shape index (κ1) is 20.8. The lowest BCUT2D eigenvalue weighted by molar-refractivity contribution is -0.143. The van der Waals surface area contributed by atoms with Crippen LogP contribution in [0.5, 0.6) is 0 Å². The summed E-state index contributed by atoms with van der Waals surface area (Å²) in [6.45, 7) is 4.10. The maximum atomic E-state index is 13.3. The highest BCUT2D eigenvalue weighted by atomic mass is 16.4. The van der Waals surface area contributed by atoms with Crippen molar-refractivity contribution in [2.75, 3.05) is 11.4 Å². The molecule has 4 rings (SSSR count). The number of carbonyl (C=O) groups is 2. The van der Waals surface area contributed by atoms with E-state index in [1.54, 1.807) is 36.5 Å². The third kappa shape index (κ3) is 3.96. The zero-order valence-corrected chi connectivity index (χ0v) is 17.9. The quantitative estimate of drug-likeness (QED) is 0.642. The average Bonchev–Trinajstić information content (AvgIpc) is 3.36. The molecular weight excluding hydrogens is 392 g/mol. The monoisotopic (exact) mass is 418 g/mol. The maximum absolute atomic E-state index is 13.3. The summed E-state index contributed by atoms with van der Waals surface area (Å²) in [5.74, 6) is -1.09. The second-order valence-corrected chi connectivity index (χ2v) is 8.30. The molecule has 2 aromatic carbocycles. The Morgan fingerprint density at radius 2 is 1.87 bits per heavy atom. The van der Waals surface area contributed by atoms with E-state index in [1.807, 2.05) is 30.3 Å². The van der Waals surface area contributed by atoms with Gasteiger partial charge in [0, 0.05) is 25.8 Å². The number of aryl methyl sites for hydroxylation is 1. The molecule has 7 nitrogen and oxygen atoms in total. The predicted octanol–water partition coefficient (Wildman–Crippen LogP) is 3.24. The number of carboxylic acid groups (broad SMARTS) is 1. The van der Waals surface area contributed by atoms with Gasteiger partial charge in [-0.2, -0.15) is 5.10 Å². The van der Waals surface area contributed by atoms with E-state index < -0.39 is 11.5 Å². The van der Waals surface area contributed by atoms with Crippen molar-refractivity contribution in [2.45, 2.75) is 32.4 Å². The van der Waals surface area contributed by atoms with Crippen molar-refractivity contribution in [1.82, 2.24) is 15.1 Å². The number of rotatable bonds is 6. The van der Waals surface area contributed by atoms with E-state index in [-0.39, 0.29) is 5.91 Å². The fraction of sp³-hybridized carbons (Fsp3) is 0.292. The van der Waals surface area contributed by atoms with Gasteiger partial charge in [0.05, 0.1) is 5.69 Å². The van der Waals surface area contributed by atoms with Crippen LogP contribution in [0.2, 0.25) is 0 Å². The molecule has 0 radical (unpaired) electrons. The number of carboxylic acids is 1. The lowest BCUT2D eigenvalue weighted by Gasteiger charge is -2.20. The van der Waals surface area contributed by atoms with Gasteiger partial charge in [0.1, 0.15) is 5.54 Å². The predicted molar refractivity (Wildman–Crippen MR) is 119 cm³/mol.